The molecule has 0 saturated heterocycles. The Kier molecular flexibility index (Phi) is 8.95. The van der Waals surface area contributed by atoms with Crippen molar-refractivity contribution in [3.8, 4) is 12.3 Å². The number of rotatable bonds is 11. The van der Waals surface area contributed by atoms with E-state index in [1.165, 1.54) is 38.2 Å². The van der Waals surface area contributed by atoms with Crippen LogP contribution in [-0.4, -0.2) is 47.0 Å². The van der Waals surface area contributed by atoms with Crippen molar-refractivity contribution in [2.75, 3.05) is 26.3 Å². The number of benzene rings is 1. The Labute approximate surface area is 179 Å². The zero-order valence-electron chi connectivity index (χ0n) is 17.7. The van der Waals surface area contributed by atoms with Crippen molar-refractivity contribution in [3.63, 3.8) is 0 Å². The molecule has 1 aromatic heterocycles. The van der Waals surface area contributed by atoms with Gasteiger partial charge >= 0.3 is 0 Å². The molecule has 0 amide bonds. The van der Waals surface area contributed by atoms with Crippen molar-refractivity contribution in [2.24, 2.45) is 5.92 Å². The van der Waals surface area contributed by atoms with Crippen LogP contribution >= 0.6 is 0 Å². The summed E-state index contributed by atoms with van der Waals surface area (Å²) in [5, 5.41) is 10.5. The quantitative estimate of drug-likeness (QED) is 0.447. The molecule has 4 nitrogen and oxygen atoms in total. The summed E-state index contributed by atoms with van der Waals surface area (Å²) in [6, 6.07) is 11.0. The van der Waals surface area contributed by atoms with Crippen LogP contribution in [0.25, 0.3) is 0 Å². The third-order valence-corrected chi connectivity index (χ3v) is 5.81. The zero-order valence-corrected chi connectivity index (χ0v) is 17.7. The van der Waals surface area contributed by atoms with Gasteiger partial charge in [-0.1, -0.05) is 43.4 Å². The van der Waals surface area contributed by atoms with E-state index in [4.69, 9.17) is 11.2 Å². The molecule has 0 radical (unpaired) electrons. The zero-order chi connectivity index (χ0) is 21.2. The first-order valence-corrected chi connectivity index (χ1v) is 10.9. The fourth-order valence-electron chi connectivity index (χ4n) is 4.33. The molecule has 1 heterocycles. The SMILES string of the molecule is C#CCOCC(O)CN(Cc1cccn1Cc1ccccc1F)CC1CCCCC1. The van der Waals surface area contributed by atoms with Crippen molar-refractivity contribution >= 4 is 0 Å². The second-order valence-electron chi connectivity index (χ2n) is 8.29. The smallest absolute Gasteiger partial charge is 0.128 e. The lowest BCUT2D eigenvalue weighted by molar-refractivity contribution is 0.0209. The Morgan fingerprint density at radius 1 is 1.20 bits per heavy atom. The predicted molar refractivity (Wildman–Crippen MR) is 117 cm³/mol. The molecule has 1 aliphatic carbocycles. The van der Waals surface area contributed by atoms with Crippen LogP contribution in [-0.2, 0) is 17.8 Å². The molecule has 1 unspecified atom stereocenters. The van der Waals surface area contributed by atoms with E-state index in [1.807, 2.05) is 24.4 Å². The van der Waals surface area contributed by atoms with Crippen LogP contribution < -0.4 is 0 Å². The van der Waals surface area contributed by atoms with Gasteiger partial charge in [-0.05, 0) is 37.0 Å². The fraction of sp³-hybridized carbons (Fsp3) is 0.520. The summed E-state index contributed by atoms with van der Waals surface area (Å²) >= 11 is 0. The highest BCUT2D eigenvalue weighted by atomic mass is 19.1. The minimum absolute atomic E-state index is 0.183. The number of ether oxygens (including phenoxy) is 1. The van der Waals surface area contributed by atoms with Gasteiger partial charge in [-0.15, -0.1) is 6.42 Å². The maximum atomic E-state index is 14.1. The third-order valence-electron chi connectivity index (χ3n) is 5.81. The van der Waals surface area contributed by atoms with Crippen LogP contribution in [0.1, 0.15) is 43.4 Å². The second kappa shape index (κ2) is 11.9. The molecule has 3 rings (SSSR count). The maximum Gasteiger partial charge on any atom is 0.128 e. The standard InChI is InChI=1S/C25H33FN2O2/c1-2-15-30-20-24(29)19-27(16-21-9-4-3-5-10-21)18-23-12-8-14-28(23)17-22-11-6-7-13-25(22)26/h1,6-8,11-14,21,24,29H,3-5,9-10,15-20H2. The van der Waals surface area contributed by atoms with Gasteiger partial charge in [0.15, 0.2) is 0 Å². The maximum absolute atomic E-state index is 14.1. The molecule has 5 heteroatoms. The number of hydrogen-bond donors (Lipinski definition) is 1. The van der Waals surface area contributed by atoms with Crippen molar-refractivity contribution in [1.82, 2.24) is 9.47 Å². The Balaban J connectivity index is 1.66. The molecule has 30 heavy (non-hydrogen) atoms. The second-order valence-corrected chi connectivity index (χ2v) is 8.29. The lowest BCUT2D eigenvalue weighted by Gasteiger charge is -2.31. The summed E-state index contributed by atoms with van der Waals surface area (Å²) in [5.74, 6) is 2.91. The summed E-state index contributed by atoms with van der Waals surface area (Å²) in [6.07, 6.45) is 13.0. The fourth-order valence-corrected chi connectivity index (χ4v) is 4.33. The number of aliphatic hydroxyl groups is 1. The van der Waals surface area contributed by atoms with E-state index in [0.29, 0.717) is 31.1 Å². The van der Waals surface area contributed by atoms with E-state index in [9.17, 15) is 9.50 Å². The van der Waals surface area contributed by atoms with Gasteiger partial charge in [0, 0.05) is 37.1 Å². The van der Waals surface area contributed by atoms with Crippen molar-refractivity contribution in [3.05, 3.63) is 59.7 Å². The van der Waals surface area contributed by atoms with E-state index in [0.717, 1.165) is 12.2 Å². The number of nitrogens with zero attached hydrogens (tertiary/aromatic N) is 2. The van der Waals surface area contributed by atoms with E-state index in [2.05, 4.69) is 21.5 Å². The van der Waals surface area contributed by atoms with Gasteiger partial charge in [0.2, 0.25) is 0 Å². The van der Waals surface area contributed by atoms with Crippen molar-refractivity contribution in [2.45, 2.75) is 51.3 Å². The molecule has 162 valence electrons. The van der Waals surface area contributed by atoms with Gasteiger partial charge < -0.3 is 14.4 Å². The average molecular weight is 413 g/mol. The molecule has 1 aliphatic rings. The van der Waals surface area contributed by atoms with E-state index >= 15 is 0 Å². The molecule has 2 aromatic rings. The summed E-state index contributed by atoms with van der Waals surface area (Å²) < 4.78 is 21.5. The van der Waals surface area contributed by atoms with Crippen LogP contribution in [0.4, 0.5) is 4.39 Å². The number of aromatic nitrogens is 1. The summed E-state index contributed by atoms with van der Waals surface area (Å²) in [6.45, 7) is 3.15. The highest BCUT2D eigenvalue weighted by Gasteiger charge is 2.21. The molecule has 1 N–H and O–H groups in total. The Hall–Kier alpha value is -2.13. The molecule has 1 fully saturated rings. The first-order valence-electron chi connectivity index (χ1n) is 10.9. The Bertz CT molecular complexity index is 807. The van der Waals surface area contributed by atoms with Gasteiger partial charge in [0.05, 0.1) is 19.3 Å². The molecule has 0 spiro atoms. The van der Waals surface area contributed by atoms with E-state index in [1.54, 1.807) is 6.07 Å². The van der Waals surface area contributed by atoms with E-state index < -0.39 is 6.10 Å². The summed E-state index contributed by atoms with van der Waals surface area (Å²) in [5.41, 5.74) is 1.79. The van der Waals surface area contributed by atoms with Crippen molar-refractivity contribution < 1.29 is 14.2 Å². The lowest BCUT2D eigenvalue weighted by atomic mass is 9.89. The van der Waals surface area contributed by atoms with Crippen LogP contribution in [0, 0.1) is 24.1 Å². The van der Waals surface area contributed by atoms with Crippen LogP contribution in [0.15, 0.2) is 42.6 Å². The van der Waals surface area contributed by atoms with Gasteiger partial charge in [-0.25, -0.2) is 4.39 Å². The Morgan fingerprint density at radius 2 is 2.00 bits per heavy atom. The summed E-state index contributed by atoms with van der Waals surface area (Å²) in [7, 11) is 0. The molecule has 1 saturated carbocycles. The van der Waals surface area contributed by atoms with Crippen LogP contribution in [0.2, 0.25) is 0 Å². The molecular formula is C25H33FN2O2. The van der Waals surface area contributed by atoms with Gasteiger partial charge in [-0.2, -0.15) is 0 Å². The summed E-state index contributed by atoms with van der Waals surface area (Å²) in [4.78, 5) is 2.31. The lowest BCUT2D eigenvalue weighted by Crippen LogP contribution is -2.38. The number of aliphatic hydroxyl groups excluding tert-OH is 1. The largest absolute Gasteiger partial charge is 0.389 e. The Morgan fingerprint density at radius 3 is 2.77 bits per heavy atom. The van der Waals surface area contributed by atoms with Crippen LogP contribution in [0.3, 0.4) is 0 Å². The predicted octanol–water partition coefficient (Wildman–Crippen LogP) is 4.07. The molecule has 0 aliphatic heterocycles. The van der Waals surface area contributed by atoms with E-state index in [-0.39, 0.29) is 19.0 Å². The van der Waals surface area contributed by atoms with Crippen LogP contribution in [0.5, 0.6) is 0 Å². The molecule has 1 aromatic carbocycles. The minimum atomic E-state index is -0.586. The van der Waals surface area contributed by atoms with Gasteiger partial charge in [-0.3, -0.25) is 4.90 Å². The van der Waals surface area contributed by atoms with Gasteiger partial charge in [0.25, 0.3) is 0 Å². The highest BCUT2D eigenvalue weighted by Crippen LogP contribution is 2.25. The number of halogens is 1. The molecule has 1 atom stereocenters. The third kappa shape index (κ3) is 6.98. The topological polar surface area (TPSA) is 37.6 Å². The normalized spacial score (nSPS) is 15.9. The van der Waals surface area contributed by atoms with Gasteiger partial charge in [0.1, 0.15) is 12.4 Å². The first-order chi connectivity index (χ1) is 14.7. The highest BCUT2D eigenvalue weighted by molar-refractivity contribution is 5.19. The molecule has 0 bridgehead atoms. The van der Waals surface area contributed by atoms with Crippen molar-refractivity contribution in [1.29, 1.82) is 0 Å². The average Bonchev–Trinajstić information content (AvgIpc) is 3.17. The minimum Gasteiger partial charge on any atom is -0.389 e. The number of terminal acetylenes is 1. The monoisotopic (exact) mass is 412 g/mol. The first kappa shape index (κ1) is 22.6. The molecular weight excluding hydrogens is 379 g/mol. The number of hydrogen-bond acceptors (Lipinski definition) is 3.